The van der Waals surface area contributed by atoms with Gasteiger partial charge in [0.15, 0.2) is 0 Å². The fourth-order valence-corrected chi connectivity index (χ4v) is 1.35. The molecule has 0 aromatic carbocycles. The van der Waals surface area contributed by atoms with Crippen molar-refractivity contribution in [2.24, 2.45) is 5.73 Å². The third-order valence-electron chi connectivity index (χ3n) is 2.15. The van der Waals surface area contributed by atoms with Crippen LogP contribution in [0.25, 0.3) is 0 Å². The first-order valence-corrected chi connectivity index (χ1v) is 4.50. The predicted molar refractivity (Wildman–Crippen MR) is 47.2 cm³/mol. The highest BCUT2D eigenvalue weighted by Crippen LogP contribution is 2.10. The van der Waals surface area contributed by atoms with E-state index in [1.165, 1.54) is 4.90 Å². The lowest BCUT2D eigenvalue weighted by Crippen LogP contribution is -2.53. The average molecular weight is 188 g/mol. The minimum Gasteiger partial charge on any atom is -0.450 e. The van der Waals surface area contributed by atoms with Crippen LogP contribution in [0, 0.1) is 0 Å². The number of rotatable bonds is 1. The smallest absolute Gasteiger partial charge is 0.409 e. The van der Waals surface area contributed by atoms with Crippen LogP contribution in [0.1, 0.15) is 13.3 Å². The third-order valence-corrected chi connectivity index (χ3v) is 2.15. The van der Waals surface area contributed by atoms with E-state index >= 15 is 0 Å². The van der Waals surface area contributed by atoms with Gasteiger partial charge in [-0.15, -0.1) is 0 Å². The molecule has 2 atom stereocenters. The van der Waals surface area contributed by atoms with Gasteiger partial charge in [-0.3, -0.25) is 0 Å². The molecule has 0 aromatic rings. The van der Waals surface area contributed by atoms with Crippen molar-refractivity contribution < 1.29 is 14.6 Å². The highest BCUT2D eigenvalue weighted by molar-refractivity contribution is 5.67. The minimum absolute atomic E-state index is 0.343. The molecule has 0 radical (unpaired) electrons. The number of hydrogen-bond acceptors (Lipinski definition) is 4. The number of nitrogens with zero attached hydrogens (tertiary/aromatic N) is 1. The van der Waals surface area contributed by atoms with E-state index in [0.29, 0.717) is 26.1 Å². The van der Waals surface area contributed by atoms with Crippen molar-refractivity contribution >= 4 is 6.09 Å². The number of ether oxygens (including phenoxy) is 1. The van der Waals surface area contributed by atoms with Crippen molar-refractivity contribution in [2.45, 2.75) is 25.5 Å². The second-order valence-corrected chi connectivity index (χ2v) is 3.16. The molecule has 5 nitrogen and oxygen atoms in total. The Hall–Kier alpha value is -0.810. The van der Waals surface area contributed by atoms with Gasteiger partial charge < -0.3 is 20.5 Å². The molecule has 3 N–H and O–H groups in total. The first-order valence-electron chi connectivity index (χ1n) is 4.50. The van der Waals surface area contributed by atoms with Crippen LogP contribution < -0.4 is 5.73 Å². The molecule has 1 rings (SSSR count). The zero-order chi connectivity index (χ0) is 9.84. The number of hydrogen-bond donors (Lipinski definition) is 2. The second-order valence-electron chi connectivity index (χ2n) is 3.16. The maximum Gasteiger partial charge on any atom is 0.409 e. The van der Waals surface area contributed by atoms with E-state index in [1.807, 2.05) is 0 Å². The number of nitrogens with two attached hydrogens (primary N) is 1. The molecule has 0 bridgehead atoms. The molecule has 5 heteroatoms. The normalized spacial score (nSPS) is 28.7. The summed E-state index contributed by atoms with van der Waals surface area (Å²) in [5.74, 6) is 0. The van der Waals surface area contributed by atoms with Crippen molar-refractivity contribution in [3.63, 3.8) is 0 Å². The first-order chi connectivity index (χ1) is 6.15. The maximum absolute atomic E-state index is 11.2. The number of amides is 1. The average Bonchev–Trinajstić information content (AvgIpc) is 2.10. The van der Waals surface area contributed by atoms with Crippen molar-refractivity contribution in [3.8, 4) is 0 Å². The van der Waals surface area contributed by atoms with Gasteiger partial charge in [-0.05, 0) is 13.3 Å². The largest absolute Gasteiger partial charge is 0.450 e. The summed E-state index contributed by atoms with van der Waals surface area (Å²) in [7, 11) is 0. The van der Waals surface area contributed by atoms with Crippen molar-refractivity contribution in [1.82, 2.24) is 4.90 Å². The van der Waals surface area contributed by atoms with E-state index in [-0.39, 0.29) is 12.1 Å². The molecule has 0 saturated carbocycles. The van der Waals surface area contributed by atoms with E-state index in [2.05, 4.69) is 0 Å². The van der Waals surface area contributed by atoms with Gasteiger partial charge in [0.05, 0.1) is 12.7 Å². The van der Waals surface area contributed by atoms with Crippen LogP contribution >= 0.6 is 0 Å². The van der Waals surface area contributed by atoms with Crippen LogP contribution in [-0.2, 0) is 4.74 Å². The summed E-state index contributed by atoms with van der Waals surface area (Å²) in [6.07, 6.45) is -0.310. The molecule has 1 aliphatic rings. The maximum atomic E-state index is 11.2. The number of likely N-dealkylation sites (tertiary alicyclic amines) is 1. The Balaban J connectivity index is 2.40. The van der Waals surface area contributed by atoms with E-state index in [1.54, 1.807) is 6.92 Å². The van der Waals surface area contributed by atoms with Crippen molar-refractivity contribution in [1.29, 1.82) is 0 Å². The van der Waals surface area contributed by atoms with E-state index < -0.39 is 6.10 Å². The molecule has 1 amide bonds. The van der Waals surface area contributed by atoms with Gasteiger partial charge in [-0.25, -0.2) is 4.79 Å². The molecular formula is C8H16N2O3. The molecular weight excluding hydrogens is 172 g/mol. The molecule has 76 valence electrons. The van der Waals surface area contributed by atoms with Crippen LogP contribution in [-0.4, -0.2) is 47.9 Å². The summed E-state index contributed by atoms with van der Waals surface area (Å²) in [6.45, 7) is 3.03. The quantitative estimate of drug-likeness (QED) is 0.583. The minimum atomic E-state index is -0.495. The lowest BCUT2D eigenvalue weighted by atomic mass is 10.0. The highest BCUT2D eigenvalue weighted by Gasteiger charge is 2.28. The van der Waals surface area contributed by atoms with Crippen molar-refractivity contribution in [3.05, 3.63) is 0 Å². The van der Waals surface area contributed by atoms with Crippen LogP contribution in [0.15, 0.2) is 0 Å². The standard InChI is InChI=1S/C8H16N2O3/c1-2-13-8(12)10-4-3-7(11)6(9)5-10/h6-7,11H,2-5,9H2,1H3/t6-,7-/m0/s1. The lowest BCUT2D eigenvalue weighted by Gasteiger charge is -2.33. The monoisotopic (exact) mass is 188 g/mol. The summed E-state index contributed by atoms with van der Waals surface area (Å²) < 4.78 is 4.81. The highest BCUT2D eigenvalue weighted by atomic mass is 16.6. The van der Waals surface area contributed by atoms with Crippen LogP contribution in [0.5, 0.6) is 0 Å². The van der Waals surface area contributed by atoms with Gasteiger partial charge in [-0.1, -0.05) is 0 Å². The van der Waals surface area contributed by atoms with Gasteiger partial charge in [-0.2, -0.15) is 0 Å². The van der Waals surface area contributed by atoms with Gasteiger partial charge in [0.1, 0.15) is 0 Å². The Morgan fingerprint density at radius 2 is 2.46 bits per heavy atom. The molecule has 0 unspecified atom stereocenters. The zero-order valence-corrected chi connectivity index (χ0v) is 7.77. The molecule has 0 aliphatic carbocycles. The molecule has 0 aromatic heterocycles. The number of carbonyl (C=O) groups is 1. The molecule has 1 fully saturated rings. The lowest BCUT2D eigenvalue weighted by molar-refractivity contribution is 0.0485. The molecule has 13 heavy (non-hydrogen) atoms. The van der Waals surface area contributed by atoms with E-state index in [4.69, 9.17) is 10.5 Å². The molecule has 0 spiro atoms. The number of aliphatic hydroxyl groups is 1. The Morgan fingerprint density at radius 3 is 3.00 bits per heavy atom. The Bertz CT molecular complexity index is 186. The summed E-state index contributed by atoms with van der Waals surface area (Å²) >= 11 is 0. The van der Waals surface area contributed by atoms with Gasteiger partial charge >= 0.3 is 6.09 Å². The predicted octanol–water partition coefficient (Wildman–Crippen LogP) is -0.463. The Kier molecular flexibility index (Phi) is 3.50. The van der Waals surface area contributed by atoms with E-state index in [0.717, 1.165) is 0 Å². The Labute approximate surface area is 77.5 Å². The van der Waals surface area contributed by atoms with Crippen LogP contribution in [0.4, 0.5) is 4.79 Å². The topological polar surface area (TPSA) is 75.8 Å². The fraction of sp³-hybridized carbons (Fsp3) is 0.875. The molecule has 1 saturated heterocycles. The number of piperidine rings is 1. The van der Waals surface area contributed by atoms with Crippen LogP contribution in [0.2, 0.25) is 0 Å². The summed E-state index contributed by atoms with van der Waals surface area (Å²) in [4.78, 5) is 12.7. The third kappa shape index (κ3) is 2.57. The summed E-state index contributed by atoms with van der Waals surface area (Å²) in [6, 6.07) is -0.349. The first kappa shape index (κ1) is 10.3. The van der Waals surface area contributed by atoms with Crippen LogP contribution in [0.3, 0.4) is 0 Å². The number of aliphatic hydroxyl groups excluding tert-OH is 1. The fourth-order valence-electron chi connectivity index (χ4n) is 1.35. The zero-order valence-electron chi connectivity index (χ0n) is 7.77. The molecule has 1 heterocycles. The number of carbonyl (C=O) groups excluding carboxylic acids is 1. The van der Waals surface area contributed by atoms with Gasteiger partial charge in [0.25, 0.3) is 0 Å². The van der Waals surface area contributed by atoms with Gasteiger partial charge in [0, 0.05) is 19.1 Å². The van der Waals surface area contributed by atoms with Gasteiger partial charge in [0.2, 0.25) is 0 Å². The summed E-state index contributed by atoms with van der Waals surface area (Å²) in [5, 5.41) is 9.30. The molecule has 1 aliphatic heterocycles. The van der Waals surface area contributed by atoms with E-state index in [9.17, 15) is 9.90 Å². The van der Waals surface area contributed by atoms with Crippen molar-refractivity contribution in [2.75, 3.05) is 19.7 Å². The second kappa shape index (κ2) is 4.43. The summed E-state index contributed by atoms with van der Waals surface area (Å²) in [5.41, 5.74) is 5.60. The SMILES string of the molecule is CCOC(=O)N1CC[C@H](O)[C@@H](N)C1. The Morgan fingerprint density at radius 1 is 1.77 bits per heavy atom.